The number of ether oxygens (including phenoxy) is 2. The van der Waals surface area contributed by atoms with Crippen molar-refractivity contribution < 1.29 is 9.47 Å². The highest BCUT2D eigenvalue weighted by Crippen LogP contribution is 2.33. The standard InChI is InChI=1S/C15H20N4O2/c1-9(2)14-13(16)15(19(3)18-14)17-7-10-4-5-11-12(6-10)21-8-20-11/h4-6,9,17H,7-8,16H2,1-3H3. The SMILES string of the molecule is CC(C)c1nn(C)c(NCc2ccc3c(c2)OCO3)c1N. The zero-order chi connectivity index (χ0) is 15.0. The summed E-state index contributed by atoms with van der Waals surface area (Å²) in [6.45, 7) is 5.11. The van der Waals surface area contributed by atoms with Crippen LogP contribution in [0.3, 0.4) is 0 Å². The fraction of sp³-hybridized carbons (Fsp3) is 0.400. The summed E-state index contributed by atoms with van der Waals surface area (Å²) in [6, 6.07) is 5.91. The second kappa shape index (κ2) is 5.20. The summed E-state index contributed by atoms with van der Waals surface area (Å²) in [4.78, 5) is 0. The van der Waals surface area contributed by atoms with Gasteiger partial charge in [0.2, 0.25) is 6.79 Å². The van der Waals surface area contributed by atoms with E-state index in [0.29, 0.717) is 24.9 Å². The Balaban J connectivity index is 1.76. The molecule has 1 aliphatic rings. The van der Waals surface area contributed by atoms with Gasteiger partial charge in [-0.1, -0.05) is 19.9 Å². The van der Waals surface area contributed by atoms with Crippen molar-refractivity contribution in [2.75, 3.05) is 17.8 Å². The van der Waals surface area contributed by atoms with Gasteiger partial charge in [0.15, 0.2) is 11.5 Å². The third kappa shape index (κ3) is 2.49. The molecule has 0 aliphatic carbocycles. The van der Waals surface area contributed by atoms with Crippen molar-refractivity contribution in [1.29, 1.82) is 0 Å². The molecule has 6 heteroatoms. The molecular formula is C15H20N4O2. The molecule has 3 rings (SSSR count). The predicted octanol–water partition coefficient (Wildman–Crippen LogP) is 2.47. The van der Waals surface area contributed by atoms with Crippen molar-refractivity contribution in [1.82, 2.24) is 9.78 Å². The van der Waals surface area contributed by atoms with Crippen molar-refractivity contribution >= 4 is 11.5 Å². The number of benzene rings is 1. The quantitative estimate of drug-likeness (QED) is 0.904. The lowest BCUT2D eigenvalue weighted by molar-refractivity contribution is 0.174. The van der Waals surface area contributed by atoms with Gasteiger partial charge in [0, 0.05) is 13.6 Å². The number of anilines is 2. The van der Waals surface area contributed by atoms with E-state index in [-0.39, 0.29) is 0 Å². The highest BCUT2D eigenvalue weighted by Gasteiger charge is 2.16. The summed E-state index contributed by atoms with van der Waals surface area (Å²) in [6.07, 6.45) is 0. The topological polar surface area (TPSA) is 74.3 Å². The fourth-order valence-electron chi connectivity index (χ4n) is 2.43. The molecule has 0 bridgehead atoms. The van der Waals surface area contributed by atoms with E-state index >= 15 is 0 Å². The highest BCUT2D eigenvalue weighted by molar-refractivity contribution is 5.65. The van der Waals surface area contributed by atoms with Crippen LogP contribution >= 0.6 is 0 Å². The molecule has 112 valence electrons. The van der Waals surface area contributed by atoms with Gasteiger partial charge in [0.1, 0.15) is 5.82 Å². The summed E-state index contributed by atoms with van der Waals surface area (Å²) in [5.41, 5.74) is 8.91. The number of hydrogen-bond acceptors (Lipinski definition) is 5. The van der Waals surface area contributed by atoms with Gasteiger partial charge in [-0.2, -0.15) is 5.10 Å². The smallest absolute Gasteiger partial charge is 0.231 e. The lowest BCUT2D eigenvalue weighted by Gasteiger charge is -2.08. The molecule has 0 fully saturated rings. The number of nitrogens with one attached hydrogen (secondary N) is 1. The lowest BCUT2D eigenvalue weighted by atomic mass is 10.1. The van der Waals surface area contributed by atoms with Gasteiger partial charge >= 0.3 is 0 Å². The normalized spacial score (nSPS) is 13.0. The van der Waals surface area contributed by atoms with Crippen LogP contribution in [0.5, 0.6) is 11.5 Å². The molecule has 0 radical (unpaired) electrons. The van der Waals surface area contributed by atoms with Crippen molar-refractivity contribution in [2.24, 2.45) is 7.05 Å². The lowest BCUT2D eigenvalue weighted by Crippen LogP contribution is -2.06. The number of fused-ring (bicyclic) bond motifs is 1. The van der Waals surface area contributed by atoms with Gasteiger partial charge in [0.25, 0.3) is 0 Å². The Labute approximate surface area is 123 Å². The summed E-state index contributed by atoms with van der Waals surface area (Å²) in [5.74, 6) is 2.73. The van der Waals surface area contributed by atoms with Crippen LogP contribution in [0.1, 0.15) is 31.0 Å². The Morgan fingerprint density at radius 2 is 2.10 bits per heavy atom. The first-order valence-electron chi connectivity index (χ1n) is 7.01. The minimum Gasteiger partial charge on any atom is -0.454 e. The summed E-state index contributed by atoms with van der Waals surface area (Å²) in [5, 5.41) is 7.81. The highest BCUT2D eigenvalue weighted by atomic mass is 16.7. The van der Waals surface area contributed by atoms with Crippen LogP contribution in [-0.4, -0.2) is 16.6 Å². The Morgan fingerprint density at radius 1 is 1.33 bits per heavy atom. The van der Waals surface area contributed by atoms with E-state index in [1.807, 2.05) is 25.2 Å². The Hall–Kier alpha value is -2.37. The van der Waals surface area contributed by atoms with Gasteiger partial charge in [0.05, 0.1) is 11.4 Å². The van der Waals surface area contributed by atoms with Crippen molar-refractivity contribution in [3.05, 3.63) is 29.5 Å². The van der Waals surface area contributed by atoms with Crippen LogP contribution in [0, 0.1) is 0 Å². The average molecular weight is 288 g/mol. The van der Waals surface area contributed by atoms with E-state index in [2.05, 4.69) is 24.3 Å². The minimum atomic E-state index is 0.290. The Morgan fingerprint density at radius 3 is 2.81 bits per heavy atom. The number of rotatable bonds is 4. The van der Waals surface area contributed by atoms with E-state index in [9.17, 15) is 0 Å². The van der Waals surface area contributed by atoms with E-state index in [1.54, 1.807) is 4.68 Å². The summed E-state index contributed by atoms with van der Waals surface area (Å²) < 4.78 is 12.5. The van der Waals surface area contributed by atoms with E-state index in [0.717, 1.165) is 28.6 Å². The van der Waals surface area contributed by atoms with Gasteiger partial charge in [-0.05, 0) is 23.6 Å². The third-order valence-corrected chi connectivity index (χ3v) is 3.56. The number of nitrogens with zero attached hydrogens (tertiary/aromatic N) is 2. The first-order valence-corrected chi connectivity index (χ1v) is 7.01. The number of hydrogen-bond donors (Lipinski definition) is 2. The molecule has 2 heterocycles. The van der Waals surface area contributed by atoms with E-state index in [1.165, 1.54) is 0 Å². The number of aromatic nitrogens is 2. The Kier molecular flexibility index (Phi) is 3.37. The monoisotopic (exact) mass is 288 g/mol. The molecule has 0 amide bonds. The molecule has 0 unspecified atom stereocenters. The van der Waals surface area contributed by atoms with Crippen molar-refractivity contribution in [3.63, 3.8) is 0 Å². The molecule has 6 nitrogen and oxygen atoms in total. The number of nitrogen functional groups attached to an aromatic ring is 1. The Bertz CT molecular complexity index is 664. The number of aryl methyl sites for hydroxylation is 1. The predicted molar refractivity (Wildman–Crippen MR) is 81.6 cm³/mol. The molecule has 3 N–H and O–H groups in total. The molecule has 1 aromatic heterocycles. The van der Waals surface area contributed by atoms with E-state index < -0.39 is 0 Å². The molecule has 0 atom stereocenters. The van der Waals surface area contributed by atoms with Crippen LogP contribution in [0.4, 0.5) is 11.5 Å². The summed E-state index contributed by atoms with van der Waals surface area (Å²) >= 11 is 0. The zero-order valence-electron chi connectivity index (χ0n) is 12.5. The molecule has 2 aromatic rings. The number of nitrogens with two attached hydrogens (primary N) is 1. The van der Waals surface area contributed by atoms with Crippen LogP contribution in [0.15, 0.2) is 18.2 Å². The maximum absolute atomic E-state index is 6.17. The molecule has 1 aromatic carbocycles. The van der Waals surface area contributed by atoms with Crippen LogP contribution in [-0.2, 0) is 13.6 Å². The fourth-order valence-corrected chi connectivity index (χ4v) is 2.43. The molecule has 21 heavy (non-hydrogen) atoms. The molecule has 1 aliphatic heterocycles. The van der Waals surface area contributed by atoms with Gasteiger partial charge < -0.3 is 20.5 Å². The van der Waals surface area contributed by atoms with Crippen molar-refractivity contribution in [3.8, 4) is 11.5 Å². The largest absolute Gasteiger partial charge is 0.454 e. The summed E-state index contributed by atoms with van der Waals surface area (Å²) in [7, 11) is 1.89. The van der Waals surface area contributed by atoms with Gasteiger partial charge in [-0.25, -0.2) is 0 Å². The van der Waals surface area contributed by atoms with Crippen LogP contribution in [0.2, 0.25) is 0 Å². The first kappa shape index (κ1) is 13.6. The van der Waals surface area contributed by atoms with Crippen LogP contribution < -0.4 is 20.5 Å². The second-order valence-electron chi connectivity index (χ2n) is 5.47. The maximum atomic E-state index is 6.17. The third-order valence-electron chi connectivity index (χ3n) is 3.56. The molecular weight excluding hydrogens is 268 g/mol. The molecule has 0 saturated heterocycles. The van der Waals surface area contributed by atoms with Crippen LogP contribution in [0.25, 0.3) is 0 Å². The second-order valence-corrected chi connectivity index (χ2v) is 5.47. The molecule has 0 saturated carbocycles. The van der Waals surface area contributed by atoms with Gasteiger partial charge in [-0.3, -0.25) is 4.68 Å². The van der Waals surface area contributed by atoms with Gasteiger partial charge in [-0.15, -0.1) is 0 Å². The zero-order valence-corrected chi connectivity index (χ0v) is 12.5. The average Bonchev–Trinajstić information content (AvgIpc) is 3.01. The van der Waals surface area contributed by atoms with E-state index in [4.69, 9.17) is 15.2 Å². The van der Waals surface area contributed by atoms with Crippen molar-refractivity contribution in [2.45, 2.75) is 26.3 Å². The molecule has 0 spiro atoms. The first-order chi connectivity index (χ1) is 10.1. The maximum Gasteiger partial charge on any atom is 0.231 e. The minimum absolute atomic E-state index is 0.290.